The summed E-state index contributed by atoms with van der Waals surface area (Å²) in [4.78, 5) is 9.38. The topological polar surface area (TPSA) is 80.6 Å². The number of carbonyl (C=O) groups is 1. The molecule has 1 atom stereocenters. The molecule has 0 rings (SSSR count). The Hall–Kier alpha value is 2.66. The maximum Gasteiger partial charge on any atom is 1.00 e. The molecule has 0 spiro atoms. The smallest absolute Gasteiger partial charge is 0.563 e. The van der Waals surface area contributed by atoms with Crippen molar-refractivity contribution in [1.82, 2.24) is 0 Å². The number of hydrogen-bond donors (Lipinski definition) is 2. The molecule has 2 N–H and O–H groups in total. The van der Waals surface area contributed by atoms with Crippen LogP contribution in [0.1, 0.15) is 0 Å². The molecule has 0 aromatic heterocycles. The fraction of sp³-hybridized carbons (Fsp3) is 0.333. The first-order valence-electron chi connectivity index (χ1n) is 1.55. The summed E-state index contributed by atoms with van der Waals surface area (Å²) >= 11 is 0. The van der Waals surface area contributed by atoms with Crippen LogP contribution in [-0.2, 0) is 4.79 Å². The average molecular weight is 182 g/mol. The predicted octanol–water partition coefficient (Wildman–Crippen LogP) is -8.36. The van der Waals surface area contributed by atoms with Crippen LogP contribution in [0.2, 0.25) is 0 Å². The van der Waals surface area contributed by atoms with E-state index in [1.165, 1.54) is 0 Å². The molecule has 0 saturated carbocycles. The molecule has 0 fully saturated rings. The quantitative estimate of drug-likeness (QED) is 0.328. The number of carbonyl (C=O) groups excluding carboxylic acids is 1. The van der Waals surface area contributed by atoms with Gasteiger partial charge in [-0.25, -0.2) is 0 Å². The van der Waals surface area contributed by atoms with Gasteiger partial charge in [0.2, 0.25) is 0 Å². The number of hydrogen-bond acceptors (Lipinski definition) is 4. The number of carboxylic acids is 1. The fourth-order valence-corrected chi connectivity index (χ4v) is 0.0609. The number of rotatable bonds is 2. The van der Waals surface area contributed by atoms with E-state index in [9.17, 15) is 9.90 Å². The van der Waals surface area contributed by atoms with Gasteiger partial charge in [0.25, 0.3) is 0 Å². The van der Waals surface area contributed by atoms with Crippen molar-refractivity contribution in [2.75, 3.05) is 0 Å². The zero-order valence-electron chi connectivity index (χ0n) is 5.37. The van der Waals surface area contributed by atoms with Crippen molar-refractivity contribution in [1.29, 1.82) is 0 Å². The van der Waals surface area contributed by atoms with E-state index in [2.05, 4.69) is 0 Å². The van der Waals surface area contributed by atoms with Gasteiger partial charge in [-0.05, 0) is 6.10 Å². The van der Waals surface area contributed by atoms with E-state index in [-0.39, 0.29) is 109 Å². The van der Waals surface area contributed by atoms with Crippen molar-refractivity contribution in [3.8, 4) is 0 Å². The predicted molar refractivity (Wildman–Crippen MR) is 17.2 cm³/mol. The molecule has 0 heterocycles. The van der Waals surface area contributed by atoms with Gasteiger partial charge < -0.3 is 20.1 Å². The molecule has 0 saturated heterocycles. The fourth-order valence-electron chi connectivity index (χ4n) is 0.0609. The minimum absolute atomic E-state index is 0. The number of carboxylic acid groups (broad SMARTS) is 1. The first kappa shape index (κ1) is 17.7. The Labute approximate surface area is 138 Å². The zero-order chi connectivity index (χ0) is 5.86. The minimum atomic E-state index is -1.86. The Kier molecular flexibility index (Phi) is 20.9. The molecule has 0 amide bonds. The summed E-state index contributed by atoms with van der Waals surface area (Å²) in [6.45, 7) is 0.134. The van der Waals surface area contributed by atoms with Gasteiger partial charge in [-0.2, -0.15) is 6.61 Å². The molecule has 0 aliphatic heterocycles. The first-order chi connectivity index (χ1) is 3.18. The van der Waals surface area contributed by atoms with Gasteiger partial charge in [0.15, 0.2) is 0 Å². The average Bonchev–Trinajstić information content (AvgIpc) is 1.65. The van der Waals surface area contributed by atoms with Gasteiger partial charge >= 0.3 is 103 Å². The molecule has 0 bridgehead atoms. The van der Waals surface area contributed by atoms with Crippen LogP contribution in [0.3, 0.4) is 0 Å². The Balaban J connectivity index is -0.000000180. The van der Waals surface area contributed by atoms with Crippen LogP contribution in [0.15, 0.2) is 0 Å². The summed E-state index contributed by atoms with van der Waals surface area (Å²) in [5, 5.41) is 25.1. The minimum Gasteiger partial charge on any atom is -0.563 e. The summed E-state index contributed by atoms with van der Waals surface area (Å²) in [6.07, 6.45) is -1.86. The summed E-state index contributed by atoms with van der Waals surface area (Å²) in [5.74, 6) is -1.71. The second-order valence-electron chi connectivity index (χ2n) is 0.913. The summed E-state index contributed by atoms with van der Waals surface area (Å²) in [6, 6.07) is 0. The van der Waals surface area contributed by atoms with Gasteiger partial charge in [-0.3, -0.25) is 0 Å². The maximum absolute atomic E-state index is 9.38. The molecule has 4 nitrogen and oxygen atoms in total. The van der Waals surface area contributed by atoms with Crippen molar-refractivity contribution in [2.45, 2.75) is 6.10 Å². The summed E-state index contributed by atoms with van der Waals surface area (Å²) in [7, 11) is 0. The van der Waals surface area contributed by atoms with Gasteiger partial charge in [-0.1, -0.05) is 0 Å². The molecule has 0 aliphatic rings. The molecule has 42 valence electrons. The van der Waals surface area contributed by atoms with Gasteiger partial charge in [-0.15, -0.1) is 0 Å². The molecular formula is C3H4K2O4. The largest absolute Gasteiger partial charge is 1.00 e. The summed E-state index contributed by atoms with van der Waals surface area (Å²) in [5.41, 5.74) is 0. The van der Waals surface area contributed by atoms with E-state index in [0.717, 1.165) is 0 Å². The Morgan fingerprint density at radius 2 is 1.89 bits per heavy atom. The summed E-state index contributed by atoms with van der Waals surface area (Å²) < 4.78 is 0. The number of aliphatic carboxylic acids is 1. The molecule has 0 aromatic rings. The second kappa shape index (κ2) is 10.7. The van der Waals surface area contributed by atoms with Crippen LogP contribution in [0, 0.1) is 6.61 Å². The molecule has 0 aromatic carbocycles. The monoisotopic (exact) mass is 182 g/mol. The van der Waals surface area contributed by atoms with Gasteiger partial charge in [0, 0.05) is 5.97 Å². The zero-order valence-corrected chi connectivity index (χ0v) is 11.6. The second-order valence-corrected chi connectivity index (χ2v) is 0.913. The molecule has 1 unspecified atom stereocenters. The van der Waals surface area contributed by atoms with Crippen LogP contribution >= 0.6 is 0 Å². The van der Waals surface area contributed by atoms with Gasteiger partial charge in [0.1, 0.15) is 0 Å². The normalized spacial score (nSPS) is 10.4. The number of aliphatic hydroxyl groups excluding tert-OH is 2. The Morgan fingerprint density at radius 3 is 1.89 bits per heavy atom. The van der Waals surface area contributed by atoms with Crippen molar-refractivity contribution < 1.29 is 123 Å². The van der Waals surface area contributed by atoms with E-state index >= 15 is 0 Å². The van der Waals surface area contributed by atoms with E-state index in [0.29, 0.717) is 0 Å². The molecule has 0 aliphatic carbocycles. The van der Waals surface area contributed by atoms with Crippen molar-refractivity contribution in [3.63, 3.8) is 0 Å². The third-order valence-corrected chi connectivity index (χ3v) is 0.383. The van der Waals surface area contributed by atoms with Crippen LogP contribution in [0.5, 0.6) is 0 Å². The van der Waals surface area contributed by atoms with Crippen LogP contribution in [0.25, 0.3) is 0 Å². The molecule has 9 heavy (non-hydrogen) atoms. The first-order valence-corrected chi connectivity index (χ1v) is 1.55. The van der Waals surface area contributed by atoms with Crippen molar-refractivity contribution >= 4 is 5.97 Å². The van der Waals surface area contributed by atoms with Crippen molar-refractivity contribution in [3.05, 3.63) is 6.61 Å². The Bertz CT molecular complexity index is 76.2. The third kappa shape index (κ3) is 10.7. The standard InChI is InChI=1S/C3H5O4.2K/c4-1-2(5)3(6)7;;/h1-2,4-5H,(H,6,7);;/q-1;2*+1/p-1. The van der Waals surface area contributed by atoms with Crippen LogP contribution in [0.4, 0.5) is 0 Å². The third-order valence-electron chi connectivity index (χ3n) is 0.383. The molecule has 6 heteroatoms. The van der Waals surface area contributed by atoms with E-state index in [4.69, 9.17) is 10.2 Å². The van der Waals surface area contributed by atoms with Crippen LogP contribution in [-0.4, -0.2) is 22.3 Å². The molecular weight excluding hydrogens is 178 g/mol. The van der Waals surface area contributed by atoms with Gasteiger partial charge in [0.05, 0.1) is 0 Å². The maximum atomic E-state index is 9.38. The van der Waals surface area contributed by atoms with Crippen molar-refractivity contribution in [2.24, 2.45) is 0 Å². The van der Waals surface area contributed by atoms with Crippen LogP contribution < -0.4 is 108 Å². The van der Waals surface area contributed by atoms with E-state index in [1.54, 1.807) is 0 Å². The van der Waals surface area contributed by atoms with E-state index in [1.807, 2.05) is 0 Å². The SMILES string of the molecule is O=C([O-])C(O)[CH-]O.[K+].[K+]. The van der Waals surface area contributed by atoms with E-state index < -0.39 is 12.1 Å². The number of aliphatic hydroxyl groups is 2. The molecule has 0 radical (unpaired) electrons. The Morgan fingerprint density at radius 1 is 1.56 bits per heavy atom.